The minimum atomic E-state index is -0.625. The second-order valence-electron chi connectivity index (χ2n) is 6.12. The minimum absolute atomic E-state index is 0.0685. The number of amides is 1. The van der Waals surface area contributed by atoms with Gasteiger partial charge < -0.3 is 24.5 Å². The Morgan fingerprint density at radius 1 is 1.04 bits per heavy atom. The molecule has 7 heteroatoms. The second-order valence-corrected chi connectivity index (χ2v) is 6.12. The first kappa shape index (κ1) is 19.3. The Bertz CT molecular complexity index is 1040. The van der Waals surface area contributed by atoms with E-state index in [0.717, 1.165) is 6.42 Å². The van der Waals surface area contributed by atoms with E-state index >= 15 is 0 Å². The predicted octanol–water partition coefficient (Wildman–Crippen LogP) is 3.88. The summed E-state index contributed by atoms with van der Waals surface area (Å²) in [5, 5.41) is 6.62. The van der Waals surface area contributed by atoms with Gasteiger partial charge in [0.2, 0.25) is 0 Å². The lowest BCUT2D eigenvalue weighted by molar-refractivity contribution is 0.102. The molecule has 2 aromatic carbocycles. The summed E-state index contributed by atoms with van der Waals surface area (Å²) in [6.45, 7) is 2.66. The molecule has 0 spiro atoms. The lowest BCUT2D eigenvalue weighted by Gasteiger charge is -2.14. The molecule has 0 radical (unpaired) electrons. The monoisotopic (exact) mass is 382 g/mol. The molecule has 1 amide bonds. The van der Waals surface area contributed by atoms with E-state index in [-0.39, 0.29) is 5.69 Å². The van der Waals surface area contributed by atoms with Crippen molar-refractivity contribution in [1.82, 2.24) is 0 Å². The smallest absolute Gasteiger partial charge is 0.362 e. The van der Waals surface area contributed by atoms with Crippen molar-refractivity contribution in [1.29, 1.82) is 0 Å². The molecule has 0 saturated carbocycles. The zero-order valence-electron chi connectivity index (χ0n) is 16.0. The van der Waals surface area contributed by atoms with Gasteiger partial charge in [-0.15, -0.1) is 0 Å². The fourth-order valence-electron chi connectivity index (χ4n) is 2.82. The maximum atomic E-state index is 12.8. The van der Waals surface area contributed by atoms with Crippen LogP contribution in [0, 0.1) is 0 Å². The van der Waals surface area contributed by atoms with Crippen LogP contribution in [-0.2, 0) is 0 Å². The van der Waals surface area contributed by atoms with Crippen molar-refractivity contribution < 1.29 is 18.7 Å². The summed E-state index contributed by atoms with van der Waals surface area (Å²) in [5.41, 5.74) is 0.730. The molecule has 0 aliphatic heterocycles. The highest BCUT2D eigenvalue weighted by atomic mass is 16.5. The van der Waals surface area contributed by atoms with Gasteiger partial charge in [0, 0.05) is 23.6 Å². The van der Waals surface area contributed by atoms with Gasteiger partial charge in [-0.1, -0.05) is 19.1 Å². The molecule has 2 N–H and O–H groups in total. The van der Waals surface area contributed by atoms with Crippen LogP contribution in [0.1, 0.15) is 23.7 Å². The fraction of sp³-hybridized carbons (Fsp3) is 0.238. The Hall–Kier alpha value is -3.48. The van der Waals surface area contributed by atoms with Crippen LogP contribution in [0.25, 0.3) is 11.0 Å². The van der Waals surface area contributed by atoms with Crippen molar-refractivity contribution in [3.05, 3.63) is 58.4 Å². The Morgan fingerprint density at radius 3 is 2.36 bits per heavy atom. The first-order chi connectivity index (χ1) is 13.6. The average Bonchev–Trinajstić information content (AvgIpc) is 2.72. The van der Waals surface area contributed by atoms with Crippen LogP contribution in [0.4, 0.5) is 11.4 Å². The Balaban J connectivity index is 2.05. The molecule has 0 aliphatic carbocycles. The lowest BCUT2D eigenvalue weighted by Crippen LogP contribution is -2.20. The van der Waals surface area contributed by atoms with Gasteiger partial charge in [-0.3, -0.25) is 4.79 Å². The number of rotatable bonds is 7. The largest absolute Gasteiger partial charge is 0.497 e. The highest BCUT2D eigenvalue weighted by Gasteiger charge is 2.18. The van der Waals surface area contributed by atoms with Crippen LogP contribution < -0.4 is 25.7 Å². The minimum Gasteiger partial charge on any atom is -0.497 e. The summed E-state index contributed by atoms with van der Waals surface area (Å²) in [6, 6.07) is 12.0. The Morgan fingerprint density at radius 2 is 1.71 bits per heavy atom. The van der Waals surface area contributed by atoms with E-state index in [0.29, 0.717) is 40.3 Å². The molecular weight excluding hydrogens is 360 g/mol. The number of methoxy groups -OCH3 is 2. The number of anilines is 2. The van der Waals surface area contributed by atoms with Crippen molar-refractivity contribution in [3.63, 3.8) is 0 Å². The average molecular weight is 382 g/mol. The highest BCUT2D eigenvalue weighted by molar-refractivity contribution is 6.09. The molecule has 0 unspecified atom stereocenters. The molecule has 1 aromatic heterocycles. The maximum Gasteiger partial charge on any atom is 0.362 e. The number of carbonyl (C=O) groups is 1. The van der Waals surface area contributed by atoms with Gasteiger partial charge in [0.25, 0.3) is 5.91 Å². The molecule has 0 saturated heterocycles. The summed E-state index contributed by atoms with van der Waals surface area (Å²) in [5.74, 6) is 0.470. The van der Waals surface area contributed by atoms with Gasteiger partial charge >= 0.3 is 5.63 Å². The van der Waals surface area contributed by atoms with E-state index in [4.69, 9.17) is 13.9 Å². The van der Waals surface area contributed by atoms with E-state index in [1.165, 1.54) is 14.2 Å². The van der Waals surface area contributed by atoms with Crippen LogP contribution in [0.5, 0.6) is 11.5 Å². The second kappa shape index (κ2) is 8.47. The van der Waals surface area contributed by atoms with Crippen LogP contribution in [0.3, 0.4) is 0 Å². The van der Waals surface area contributed by atoms with Crippen LogP contribution in [-0.4, -0.2) is 26.7 Å². The third-order valence-corrected chi connectivity index (χ3v) is 4.22. The molecule has 146 valence electrons. The molecule has 28 heavy (non-hydrogen) atoms. The Kier molecular flexibility index (Phi) is 5.84. The molecule has 0 bridgehead atoms. The van der Waals surface area contributed by atoms with Crippen molar-refractivity contribution in [2.24, 2.45) is 0 Å². The number of nitrogens with one attached hydrogen (secondary N) is 2. The van der Waals surface area contributed by atoms with E-state index in [2.05, 4.69) is 10.6 Å². The third kappa shape index (κ3) is 3.93. The van der Waals surface area contributed by atoms with E-state index in [1.54, 1.807) is 30.3 Å². The van der Waals surface area contributed by atoms with Gasteiger partial charge in [-0.05, 0) is 30.7 Å². The molecule has 0 aliphatic rings. The number of carbonyl (C=O) groups excluding carboxylic acids is 1. The first-order valence-electron chi connectivity index (χ1n) is 8.91. The number of benzene rings is 2. The molecule has 1 heterocycles. The number of hydrogen-bond donors (Lipinski definition) is 2. The van der Waals surface area contributed by atoms with Crippen molar-refractivity contribution in [2.45, 2.75) is 13.3 Å². The van der Waals surface area contributed by atoms with Gasteiger partial charge in [0.15, 0.2) is 5.69 Å². The molecule has 3 rings (SSSR count). The predicted molar refractivity (Wildman–Crippen MR) is 109 cm³/mol. The van der Waals surface area contributed by atoms with Gasteiger partial charge in [-0.25, -0.2) is 4.79 Å². The molecular formula is C21H22N2O5. The highest BCUT2D eigenvalue weighted by Crippen LogP contribution is 2.29. The van der Waals surface area contributed by atoms with Crippen LogP contribution >= 0.6 is 0 Å². The van der Waals surface area contributed by atoms with Gasteiger partial charge in [-0.2, -0.15) is 0 Å². The van der Waals surface area contributed by atoms with Crippen molar-refractivity contribution >= 4 is 28.3 Å². The SMILES string of the molecule is CCCNc1c(NC(=O)c2cc(OC)cc(OC)c2)c(=O)oc2ccccc12. The zero-order valence-corrected chi connectivity index (χ0v) is 16.0. The fourth-order valence-corrected chi connectivity index (χ4v) is 2.82. The number of fused-ring (bicyclic) bond motifs is 1. The van der Waals surface area contributed by atoms with E-state index in [9.17, 15) is 9.59 Å². The summed E-state index contributed by atoms with van der Waals surface area (Å²) < 4.78 is 15.8. The molecule has 3 aromatic rings. The van der Waals surface area contributed by atoms with E-state index in [1.807, 2.05) is 19.1 Å². The summed E-state index contributed by atoms with van der Waals surface area (Å²) in [6.07, 6.45) is 0.856. The zero-order chi connectivity index (χ0) is 20.1. The molecule has 7 nitrogen and oxygen atoms in total. The van der Waals surface area contributed by atoms with Crippen LogP contribution in [0.2, 0.25) is 0 Å². The Labute approximate surface area is 162 Å². The molecule has 0 fully saturated rings. The number of hydrogen-bond acceptors (Lipinski definition) is 6. The normalized spacial score (nSPS) is 10.5. The van der Waals surface area contributed by atoms with Crippen LogP contribution in [0.15, 0.2) is 51.7 Å². The third-order valence-electron chi connectivity index (χ3n) is 4.22. The topological polar surface area (TPSA) is 89.8 Å². The van der Waals surface area contributed by atoms with Crippen molar-refractivity contribution in [3.8, 4) is 11.5 Å². The summed E-state index contributed by atoms with van der Waals surface area (Å²) >= 11 is 0. The summed E-state index contributed by atoms with van der Waals surface area (Å²) in [4.78, 5) is 25.4. The quantitative estimate of drug-likeness (QED) is 0.603. The lowest BCUT2D eigenvalue weighted by atomic mass is 10.1. The van der Waals surface area contributed by atoms with E-state index < -0.39 is 11.5 Å². The maximum absolute atomic E-state index is 12.8. The standard InChI is InChI=1S/C21H22N2O5/c1-4-9-22-18-16-7-5-6-8-17(16)28-21(25)19(18)23-20(24)13-10-14(26-2)12-15(11-13)27-3/h5-8,10-12,22H,4,9H2,1-3H3,(H,23,24). The number of ether oxygens (including phenoxy) is 2. The first-order valence-corrected chi connectivity index (χ1v) is 8.91. The van der Waals surface area contributed by atoms with Crippen molar-refractivity contribution in [2.75, 3.05) is 31.4 Å². The number of para-hydroxylation sites is 1. The summed E-state index contributed by atoms with van der Waals surface area (Å²) in [7, 11) is 3.00. The molecule has 0 atom stereocenters. The van der Waals surface area contributed by atoms with Gasteiger partial charge in [0.05, 0.1) is 19.9 Å². The van der Waals surface area contributed by atoms with Gasteiger partial charge in [0.1, 0.15) is 17.1 Å².